The van der Waals surface area contributed by atoms with Gasteiger partial charge >= 0.3 is 6.03 Å². The normalized spacial score (nSPS) is 18.9. The third-order valence-electron chi connectivity index (χ3n) is 6.79. The molecule has 1 aliphatic heterocycles. The molecule has 1 heterocycles. The molecular weight excluding hydrogens is 450 g/mol. The van der Waals surface area contributed by atoms with Gasteiger partial charge in [0.1, 0.15) is 0 Å². The summed E-state index contributed by atoms with van der Waals surface area (Å²) in [5, 5.41) is 28.5. The molecule has 34 heavy (non-hydrogen) atoms. The molecule has 1 saturated heterocycles. The Kier molecular flexibility index (Phi) is 9.77. The van der Waals surface area contributed by atoms with E-state index in [2.05, 4.69) is 10.6 Å². The highest BCUT2D eigenvalue weighted by molar-refractivity contribution is 6.33. The van der Waals surface area contributed by atoms with E-state index in [1.54, 1.807) is 0 Å². The Bertz CT molecular complexity index is 941. The molecular formula is C27H38ClN3O3. The van der Waals surface area contributed by atoms with Crippen molar-refractivity contribution in [3.63, 3.8) is 0 Å². The summed E-state index contributed by atoms with van der Waals surface area (Å²) in [6.07, 6.45) is 3.46. The number of unbranched alkanes of at least 4 members (excludes halogenated alkanes) is 1. The molecule has 0 aliphatic carbocycles. The van der Waals surface area contributed by atoms with Gasteiger partial charge in [0.15, 0.2) is 0 Å². The number of carbonyl (C=O) groups is 1. The Balaban J connectivity index is 1.94. The molecule has 0 saturated carbocycles. The standard InChI is InChI=1S/C27H38ClN3O3/c1-20(18-29-2)30-26(33)31-16-9-10-21(19-31)27(34,15-7-8-17-32)24-13-5-3-11-22(24)23-12-4-6-14-25(23)28/h3-6,11-14,20-21,29,32,34H,7-10,15-19H2,1-2H3,(H,30,33)/t20-,21+,27-/m0/s1. The maximum Gasteiger partial charge on any atom is 0.317 e. The summed E-state index contributed by atoms with van der Waals surface area (Å²) in [6, 6.07) is 15.5. The van der Waals surface area contributed by atoms with E-state index < -0.39 is 5.60 Å². The summed E-state index contributed by atoms with van der Waals surface area (Å²) in [7, 11) is 1.86. The zero-order chi connectivity index (χ0) is 24.6. The van der Waals surface area contributed by atoms with E-state index in [1.807, 2.05) is 67.4 Å². The first-order valence-corrected chi connectivity index (χ1v) is 12.7. The highest BCUT2D eigenvalue weighted by Gasteiger charge is 2.42. The Labute approximate surface area is 208 Å². The van der Waals surface area contributed by atoms with Crippen molar-refractivity contribution in [1.82, 2.24) is 15.5 Å². The molecule has 2 aromatic carbocycles. The fourth-order valence-corrected chi connectivity index (χ4v) is 5.29. The van der Waals surface area contributed by atoms with Crippen LogP contribution in [0.4, 0.5) is 4.79 Å². The Hall–Kier alpha value is -2.12. The first-order chi connectivity index (χ1) is 16.4. The van der Waals surface area contributed by atoms with Crippen LogP contribution in [0.1, 0.15) is 44.6 Å². The second kappa shape index (κ2) is 12.5. The number of hydrogen-bond donors (Lipinski definition) is 4. The highest BCUT2D eigenvalue weighted by atomic mass is 35.5. The third-order valence-corrected chi connectivity index (χ3v) is 7.12. The summed E-state index contributed by atoms with van der Waals surface area (Å²) in [6.45, 7) is 3.91. The number of benzene rings is 2. The molecule has 4 N–H and O–H groups in total. The van der Waals surface area contributed by atoms with E-state index in [0.29, 0.717) is 43.9 Å². The summed E-state index contributed by atoms with van der Waals surface area (Å²) in [5.74, 6) is -0.131. The minimum Gasteiger partial charge on any atom is -0.396 e. The van der Waals surface area contributed by atoms with Gasteiger partial charge in [-0.1, -0.05) is 54.1 Å². The van der Waals surface area contributed by atoms with E-state index >= 15 is 0 Å². The van der Waals surface area contributed by atoms with E-state index in [9.17, 15) is 15.0 Å². The summed E-state index contributed by atoms with van der Waals surface area (Å²) in [5.41, 5.74) is 1.47. The first-order valence-electron chi connectivity index (χ1n) is 12.3. The van der Waals surface area contributed by atoms with Crippen LogP contribution >= 0.6 is 11.6 Å². The minimum atomic E-state index is -1.15. The Morgan fingerprint density at radius 3 is 2.59 bits per heavy atom. The Morgan fingerprint density at radius 2 is 1.88 bits per heavy atom. The molecule has 0 unspecified atom stereocenters. The van der Waals surface area contributed by atoms with Crippen LogP contribution in [0.25, 0.3) is 11.1 Å². The van der Waals surface area contributed by atoms with Crippen LogP contribution in [0.2, 0.25) is 5.02 Å². The Morgan fingerprint density at radius 1 is 1.18 bits per heavy atom. The van der Waals surface area contributed by atoms with Crippen LogP contribution < -0.4 is 10.6 Å². The molecule has 2 aromatic rings. The van der Waals surface area contributed by atoms with Crippen molar-refractivity contribution in [2.75, 3.05) is 33.3 Å². The molecule has 186 valence electrons. The van der Waals surface area contributed by atoms with Gasteiger partial charge in [0.2, 0.25) is 0 Å². The monoisotopic (exact) mass is 487 g/mol. The average Bonchev–Trinajstić information content (AvgIpc) is 2.84. The van der Waals surface area contributed by atoms with Gasteiger partial charge in [-0.15, -0.1) is 0 Å². The number of likely N-dealkylation sites (tertiary alicyclic amines) is 1. The second-order valence-corrected chi connectivity index (χ2v) is 9.73. The number of rotatable bonds is 10. The van der Waals surface area contributed by atoms with Crippen molar-refractivity contribution in [2.45, 2.75) is 50.7 Å². The molecule has 3 rings (SSSR count). The van der Waals surface area contributed by atoms with E-state index in [1.165, 1.54) is 0 Å². The maximum absolute atomic E-state index is 12.9. The number of amides is 2. The van der Waals surface area contributed by atoms with Gasteiger partial charge < -0.3 is 25.7 Å². The lowest BCUT2D eigenvalue weighted by Gasteiger charge is -2.44. The molecule has 2 amide bonds. The number of carbonyl (C=O) groups excluding carboxylic acids is 1. The first kappa shape index (κ1) is 26.5. The number of hydrogen-bond acceptors (Lipinski definition) is 4. The fourth-order valence-electron chi connectivity index (χ4n) is 5.05. The van der Waals surface area contributed by atoms with E-state index in [0.717, 1.165) is 29.5 Å². The highest BCUT2D eigenvalue weighted by Crippen LogP contribution is 2.44. The minimum absolute atomic E-state index is 0.0160. The number of aliphatic hydroxyl groups is 2. The maximum atomic E-state index is 12.9. The average molecular weight is 488 g/mol. The zero-order valence-corrected chi connectivity index (χ0v) is 21.0. The van der Waals surface area contributed by atoms with Crippen LogP contribution in [0.15, 0.2) is 48.5 Å². The van der Waals surface area contributed by atoms with Crippen molar-refractivity contribution < 1.29 is 15.0 Å². The van der Waals surface area contributed by atoms with Crippen LogP contribution in [0.5, 0.6) is 0 Å². The van der Waals surface area contributed by atoms with Crippen LogP contribution in [-0.2, 0) is 5.60 Å². The quantitative estimate of drug-likeness (QED) is 0.374. The molecule has 1 aliphatic rings. The van der Waals surface area contributed by atoms with Gasteiger partial charge in [-0.25, -0.2) is 4.79 Å². The number of likely N-dealkylation sites (N-methyl/N-ethyl adjacent to an activating group) is 1. The van der Waals surface area contributed by atoms with Crippen LogP contribution in [-0.4, -0.2) is 60.5 Å². The predicted molar refractivity (Wildman–Crippen MR) is 138 cm³/mol. The van der Waals surface area contributed by atoms with Crippen LogP contribution in [0, 0.1) is 5.92 Å². The summed E-state index contributed by atoms with van der Waals surface area (Å²) < 4.78 is 0. The van der Waals surface area contributed by atoms with Gasteiger partial charge in [0.25, 0.3) is 0 Å². The van der Waals surface area contributed by atoms with Crippen LogP contribution in [0.3, 0.4) is 0 Å². The van der Waals surface area contributed by atoms with E-state index in [-0.39, 0.29) is 24.6 Å². The summed E-state index contributed by atoms with van der Waals surface area (Å²) in [4.78, 5) is 14.8. The predicted octanol–water partition coefficient (Wildman–Crippen LogP) is 4.39. The number of nitrogens with one attached hydrogen (secondary N) is 2. The third kappa shape index (κ3) is 6.30. The number of aliphatic hydroxyl groups excluding tert-OH is 1. The second-order valence-electron chi connectivity index (χ2n) is 9.32. The van der Waals surface area contributed by atoms with Gasteiger partial charge in [-0.3, -0.25) is 0 Å². The fraction of sp³-hybridized carbons (Fsp3) is 0.519. The van der Waals surface area contributed by atoms with E-state index in [4.69, 9.17) is 11.6 Å². The number of nitrogens with zero attached hydrogens (tertiary/aromatic N) is 1. The SMILES string of the molecule is CNC[C@H](C)NC(=O)N1CCC[C@@H]([C@@](O)(CCCCO)c2ccccc2-c2ccccc2Cl)C1. The molecule has 7 heteroatoms. The molecule has 0 bridgehead atoms. The van der Waals surface area contributed by atoms with Crippen molar-refractivity contribution in [3.05, 3.63) is 59.1 Å². The largest absolute Gasteiger partial charge is 0.396 e. The topological polar surface area (TPSA) is 84.8 Å². The van der Waals surface area contributed by atoms with Crippen molar-refractivity contribution >= 4 is 17.6 Å². The van der Waals surface area contributed by atoms with Crippen molar-refractivity contribution in [2.24, 2.45) is 5.92 Å². The molecule has 3 atom stereocenters. The molecule has 0 aromatic heterocycles. The lowest BCUT2D eigenvalue weighted by Crippen LogP contribution is -2.53. The zero-order valence-electron chi connectivity index (χ0n) is 20.3. The van der Waals surface area contributed by atoms with Crippen molar-refractivity contribution in [3.8, 4) is 11.1 Å². The molecule has 0 spiro atoms. The molecule has 0 radical (unpaired) electrons. The lowest BCUT2D eigenvalue weighted by molar-refractivity contribution is -0.0556. The number of urea groups is 1. The van der Waals surface area contributed by atoms with Crippen molar-refractivity contribution in [1.29, 1.82) is 0 Å². The number of piperidine rings is 1. The smallest absolute Gasteiger partial charge is 0.317 e. The molecule has 1 fully saturated rings. The van der Waals surface area contributed by atoms with Gasteiger partial charge in [0, 0.05) is 48.8 Å². The van der Waals surface area contributed by atoms with Gasteiger partial charge in [-0.2, -0.15) is 0 Å². The lowest BCUT2D eigenvalue weighted by atomic mass is 9.72. The van der Waals surface area contributed by atoms with Gasteiger partial charge in [-0.05, 0) is 63.3 Å². The molecule has 6 nitrogen and oxygen atoms in total. The number of halogens is 1. The summed E-state index contributed by atoms with van der Waals surface area (Å²) >= 11 is 6.55. The van der Waals surface area contributed by atoms with Gasteiger partial charge in [0.05, 0.1) is 5.60 Å².